The maximum atomic E-state index is 12.9. The molecule has 2 aromatic carbocycles. The molecule has 0 bridgehead atoms. The molecule has 1 aliphatic rings. The SMILES string of the molecule is Cc1ccc2c(c1)N(CCC(=O)NCCc1ccc(F)cc1)C(=O)CO2. The van der Waals surface area contributed by atoms with Crippen molar-refractivity contribution in [3.63, 3.8) is 0 Å². The number of carbonyl (C=O) groups excluding carboxylic acids is 2. The van der Waals surface area contributed by atoms with Gasteiger partial charge in [0.2, 0.25) is 5.91 Å². The van der Waals surface area contributed by atoms with Crippen LogP contribution in [0.5, 0.6) is 5.75 Å². The van der Waals surface area contributed by atoms with Gasteiger partial charge in [-0.2, -0.15) is 0 Å². The molecule has 2 amide bonds. The van der Waals surface area contributed by atoms with Crippen molar-refractivity contribution < 1.29 is 18.7 Å². The number of hydrogen-bond donors (Lipinski definition) is 1. The predicted molar refractivity (Wildman–Crippen MR) is 96.8 cm³/mol. The monoisotopic (exact) mass is 356 g/mol. The Morgan fingerprint density at radius 1 is 1.23 bits per heavy atom. The molecular formula is C20H21FN2O3. The predicted octanol–water partition coefficient (Wildman–Crippen LogP) is 2.61. The summed E-state index contributed by atoms with van der Waals surface area (Å²) in [6.45, 7) is 2.71. The summed E-state index contributed by atoms with van der Waals surface area (Å²) in [4.78, 5) is 25.8. The van der Waals surface area contributed by atoms with Crippen molar-refractivity contribution in [1.29, 1.82) is 0 Å². The average Bonchev–Trinajstić information content (AvgIpc) is 2.62. The summed E-state index contributed by atoms with van der Waals surface area (Å²) in [5, 5.41) is 2.83. The highest BCUT2D eigenvalue weighted by Crippen LogP contribution is 2.32. The molecule has 1 heterocycles. The largest absolute Gasteiger partial charge is 0.482 e. The third-order valence-electron chi connectivity index (χ3n) is 4.27. The highest BCUT2D eigenvalue weighted by molar-refractivity contribution is 5.98. The lowest BCUT2D eigenvalue weighted by atomic mass is 10.1. The lowest BCUT2D eigenvalue weighted by molar-refractivity contribution is -0.122. The standard InChI is InChI=1S/C20H21FN2O3/c1-14-2-7-18-17(12-14)23(20(25)13-26-18)11-9-19(24)22-10-8-15-3-5-16(21)6-4-15/h2-7,12H,8-11,13H2,1H3,(H,22,24). The number of carbonyl (C=O) groups is 2. The highest BCUT2D eigenvalue weighted by Gasteiger charge is 2.25. The molecule has 5 nitrogen and oxygen atoms in total. The summed E-state index contributed by atoms with van der Waals surface area (Å²) in [5.74, 6) is 0.109. The maximum Gasteiger partial charge on any atom is 0.265 e. The van der Waals surface area contributed by atoms with Gasteiger partial charge in [-0.15, -0.1) is 0 Å². The van der Waals surface area contributed by atoms with Gasteiger partial charge in [0, 0.05) is 19.5 Å². The van der Waals surface area contributed by atoms with Gasteiger partial charge in [0.1, 0.15) is 11.6 Å². The van der Waals surface area contributed by atoms with Crippen LogP contribution < -0.4 is 15.0 Å². The van der Waals surface area contributed by atoms with E-state index >= 15 is 0 Å². The molecule has 6 heteroatoms. The topological polar surface area (TPSA) is 58.6 Å². The second kappa shape index (κ2) is 7.99. The van der Waals surface area contributed by atoms with E-state index in [4.69, 9.17) is 4.74 Å². The van der Waals surface area contributed by atoms with Gasteiger partial charge >= 0.3 is 0 Å². The Morgan fingerprint density at radius 3 is 2.77 bits per heavy atom. The Hall–Kier alpha value is -2.89. The van der Waals surface area contributed by atoms with Crippen LogP contribution in [-0.4, -0.2) is 31.5 Å². The lowest BCUT2D eigenvalue weighted by Gasteiger charge is -2.29. The summed E-state index contributed by atoms with van der Waals surface area (Å²) in [7, 11) is 0. The number of halogens is 1. The molecule has 0 saturated heterocycles. The smallest absolute Gasteiger partial charge is 0.265 e. The van der Waals surface area contributed by atoms with Crippen LogP contribution in [-0.2, 0) is 16.0 Å². The number of ether oxygens (including phenoxy) is 1. The van der Waals surface area contributed by atoms with Gasteiger partial charge in [-0.3, -0.25) is 9.59 Å². The molecule has 1 N–H and O–H groups in total. The number of hydrogen-bond acceptors (Lipinski definition) is 3. The molecular weight excluding hydrogens is 335 g/mol. The Balaban J connectivity index is 1.50. The molecule has 3 rings (SSSR count). The van der Waals surface area contributed by atoms with Crippen LogP contribution in [0.4, 0.5) is 10.1 Å². The molecule has 2 aromatic rings. The quantitative estimate of drug-likeness (QED) is 0.866. The van der Waals surface area contributed by atoms with Gasteiger partial charge in [0.25, 0.3) is 5.91 Å². The molecule has 0 aromatic heterocycles. The molecule has 136 valence electrons. The number of fused-ring (bicyclic) bond motifs is 1. The summed E-state index contributed by atoms with van der Waals surface area (Å²) in [5.41, 5.74) is 2.69. The molecule has 0 atom stereocenters. The van der Waals surface area contributed by atoms with E-state index in [1.165, 1.54) is 12.1 Å². The van der Waals surface area contributed by atoms with Crippen molar-refractivity contribution in [3.05, 3.63) is 59.4 Å². The van der Waals surface area contributed by atoms with E-state index < -0.39 is 0 Å². The minimum Gasteiger partial charge on any atom is -0.482 e. The van der Waals surface area contributed by atoms with E-state index in [1.807, 2.05) is 25.1 Å². The van der Waals surface area contributed by atoms with Crippen LogP contribution in [0.3, 0.4) is 0 Å². The first-order chi connectivity index (χ1) is 12.5. The fourth-order valence-electron chi connectivity index (χ4n) is 2.86. The van der Waals surface area contributed by atoms with E-state index in [0.717, 1.165) is 11.1 Å². The zero-order chi connectivity index (χ0) is 18.5. The molecule has 0 saturated carbocycles. The molecule has 26 heavy (non-hydrogen) atoms. The van der Waals surface area contributed by atoms with E-state index in [0.29, 0.717) is 30.9 Å². The number of nitrogens with one attached hydrogen (secondary N) is 1. The first-order valence-electron chi connectivity index (χ1n) is 8.58. The van der Waals surface area contributed by atoms with Crippen molar-refractivity contribution in [3.8, 4) is 5.75 Å². The average molecular weight is 356 g/mol. The Bertz CT molecular complexity index is 805. The van der Waals surface area contributed by atoms with E-state index in [1.54, 1.807) is 17.0 Å². The minimum absolute atomic E-state index is 0.0117. The maximum absolute atomic E-state index is 12.9. The van der Waals surface area contributed by atoms with Gasteiger partial charge in [-0.05, 0) is 48.7 Å². The number of benzene rings is 2. The minimum atomic E-state index is -0.275. The fraction of sp³-hybridized carbons (Fsp3) is 0.300. The van der Waals surface area contributed by atoms with Crippen LogP contribution >= 0.6 is 0 Å². The van der Waals surface area contributed by atoms with Crippen molar-refractivity contribution in [2.75, 3.05) is 24.6 Å². The zero-order valence-corrected chi connectivity index (χ0v) is 14.6. The van der Waals surface area contributed by atoms with Crippen molar-refractivity contribution in [2.24, 2.45) is 0 Å². The van der Waals surface area contributed by atoms with Crippen molar-refractivity contribution >= 4 is 17.5 Å². The third-order valence-corrected chi connectivity index (χ3v) is 4.27. The molecule has 0 fully saturated rings. The second-order valence-electron chi connectivity index (χ2n) is 6.28. The summed E-state index contributed by atoms with van der Waals surface area (Å²) in [6.07, 6.45) is 0.840. The van der Waals surface area contributed by atoms with Crippen LogP contribution in [0.1, 0.15) is 17.5 Å². The Labute approximate surface area is 151 Å². The third kappa shape index (κ3) is 4.39. The summed E-state index contributed by atoms with van der Waals surface area (Å²) >= 11 is 0. The van der Waals surface area contributed by atoms with Crippen molar-refractivity contribution in [2.45, 2.75) is 19.8 Å². The number of amides is 2. The molecule has 0 aliphatic carbocycles. The van der Waals surface area contributed by atoms with Gasteiger partial charge in [-0.25, -0.2) is 4.39 Å². The highest BCUT2D eigenvalue weighted by atomic mass is 19.1. The number of nitrogens with zero attached hydrogens (tertiary/aromatic N) is 1. The molecule has 1 aliphatic heterocycles. The molecule has 0 radical (unpaired) electrons. The fourth-order valence-corrected chi connectivity index (χ4v) is 2.86. The second-order valence-corrected chi connectivity index (χ2v) is 6.28. The number of aryl methyl sites for hydroxylation is 1. The lowest BCUT2D eigenvalue weighted by Crippen LogP contribution is -2.41. The van der Waals surface area contributed by atoms with Crippen LogP contribution in [0.2, 0.25) is 0 Å². The van der Waals surface area contributed by atoms with E-state index in [-0.39, 0.29) is 30.7 Å². The van der Waals surface area contributed by atoms with Gasteiger partial charge in [0.05, 0.1) is 5.69 Å². The van der Waals surface area contributed by atoms with Crippen LogP contribution in [0.15, 0.2) is 42.5 Å². The van der Waals surface area contributed by atoms with Crippen LogP contribution in [0.25, 0.3) is 0 Å². The van der Waals surface area contributed by atoms with Crippen molar-refractivity contribution in [1.82, 2.24) is 5.32 Å². The molecule has 0 spiro atoms. The van der Waals surface area contributed by atoms with Gasteiger partial charge in [-0.1, -0.05) is 18.2 Å². The summed E-state index contributed by atoms with van der Waals surface area (Å²) < 4.78 is 18.3. The first kappa shape index (κ1) is 17.9. The number of rotatable bonds is 6. The molecule has 0 unspecified atom stereocenters. The zero-order valence-electron chi connectivity index (χ0n) is 14.6. The van der Waals surface area contributed by atoms with E-state index in [9.17, 15) is 14.0 Å². The van der Waals surface area contributed by atoms with E-state index in [2.05, 4.69) is 5.32 Å². The normalized spacial score (nSPS) is 13.2. The summed E-state index contributed by atoms with van der Waals surface area (Å²) in [6, 6.07) is 11.9. The van der Waals surface area contributed by atoms with Crippen LogP contribution in [0, 0.1) is 12.7 Å². The Kier molecular flexibility index (Phi) is 5.51. The Morgan fingerprint density at radius 2 is 2.00 bits per heavy atom. The van der Waals surface area contributed by atoms with Gasteiger partial charge in [0.15, 0.2) is 6.61 Å². The first-order valence-corrected chi connectivity index (χ1v) is 8.58. The number of anilines is 1. The van der Waals surface area contributed by atoms with Gasteiger partial charge < -0.3 is 15.0 Å².